The van der Waals surface area contributed by atoms with Gasteiger partial charge in [0.1, 0.15) is 0 Å². The Bertz CT molecular complexity index is 467. The smallest absolute Gasteiger partial charge is 0.0625 e. The van der Waals surface area contributed by atoms with Crippen molar-refractivity contribution in [3.05, 3.63) is 0 Å². The fourth-order valence-corrected chi connectivity index (χ4v) is 5.12. The maximum absolute atomic E-state index is 3.69. The summed E-state index contributed by atoms with van der Waals surface area (Å²) >= 11 is 0. The van der Waals surface area contributed by atoms with E-state index in [1.807, 2.05) is 0 Å². The van der Waals surface area contributed by atoms with Crippen molar-refractivity contribution in [2.75, 3.05) is 39.3 Å². The summed E-state index contributed by atoms with van der Waals surface area (Å²) in [6.45, 7) is 30.9. The molecule has 0 aromatic rings. The molecule has 4 heteroatoms. The van der Waals surface area contributed by atoms with Crippen molar-refractivity contribution in [3.63, 3.8) is 0 Å². The molecule has 0 amide bonds. The average molecular weight is 511 g/mol. The normalized spacial score (nSPS) is 15.2. The Labute approximate surface area is 229 Å². The predicted molar refractivity (Wildman–Crippen MR) is 164 cm³/mol. The number of hydrogen-bond donors (Lipinski definition) is 1. The van der Waals surface area contributed by atoms with Crippen molar-refractivity contribution in [2.24, 2.45) is 0 Å². The van der Waals surface area contributed by atoms with Crippen LogP contribution in [0.4, 0.5) is 0 Å². The highest BCUT2D eigenvalue weighted by Crippen LogP contribution is 2.21. The SMILES string of the molecule is CCCCN(CCCC(N(CCCC)CCCC)N(CCCCNC(C)(C)C)C(C)CC)C(C)CC. The zero-order chi connectivity index (χ0) is 27.4. The van der Waals surface area contributed by atoms with Crippen molar-refractivity contribution in [3.8, 4) is 0 Å². The van der Waals surface area contributed by atoms with Crippen LogP contribution in [0.3, 0.4) is 0 Å². The molecule has 0 rings (SSSR count). The Morgan fingerprint density at radius 1 is 0.583 bits per heavy atom. The first kappa shape index (κ1) is 35.8. The van der Waals surface area contributed by atoms with E-state index in [-0.39, 0.29) is 5.54 Å². The molecule has 0 radical (unpaired) electrons. The average Bonchev–Trinajstić information content (AvgIpc) is 2.85. The lowest BCUT2D eigenvalue weighted by Crippen LogP contribution is -2.53. The topological polar surface area (TPSA) is 21.8 Å². The largest absolute Gasteiger partial charge is 0.312 e. The molecule has 0 heterocycles. The van der Waals surface area contributed by atoms with Crippen LogP contribution < -0.4 is 5.32 Å². The first-order chi connectivity index (χ1) is 17.1. The third-order valence-corrected chi connectivity index (χ3v) is 7.98. The molecule has 0 aliphatic rings. The van der Waals surface area contributed by atoms with E-state index in [0.717, 1.165) is 6.54 Å². The molecular formula is C32H70N4. The predicted octanol–water partition coefficient (Wildman–Crippen LogP) is 8.16. The molecule has 0 aromatic carbocycles. The highest BCUT2D eigenvalue weighted by atomic mass is 15.4. The quantitative estimate of drug-likeness (QED) is 0.104. The summed E-state index contributed by atoms with van der Waals surface area (Å²) in [6.07, 6.45) is 16.1. The molecule has 218 valence electrons. The van der Waals surface area contributed by atoms with E-state index in [9.17, 15) is 0 Å². The Kier molecular flexibility index (Phi) is 21.6. The lowest BCUT2D eigenvalue weighted by Gasteiger charge is -2.43. The first-order valence-corrected chi connectivity index (χ1v) is 16.1. The summed E-state index contributed by atoms with van der Waals surface area (Å²) in [7, 11) is 0. The number of unbranched alkanes of at least 4 members (excludes halogenated alkanes) is 4. The van der Waals surface area contributed by atoms with E-state index in [2.05, 4.69) is 89.3 Å². The minimum absolute atomic E-state index is 0.218. The van der Waals surface area contributed by atoms with Crippen molar-refractivity contribution in [2.45, 2.75) is 170 Å². The van der Waals surface area contributed by atoms with Gasteiger partial charge in [-0.15, -0.1) is 0 Å². The van der Waals surface area contributed by atoms with Gasteiger partial charge in [-0.2, -0.15) is 0 Å². The van der Waals surface area contributed by atoms with Crippen LogP contribution in [-0.4, -0.2) is 77.8 Å². The zero-order valence-corrected chi connectivity index (χ0v) is 26.8. The monoisotopic (exact) mass is 511 g/mol. The van der Waals surface area contributed by atoms with Gasteiger partial charge in [0.15, 0.2) is 0 Å². The van der Waals surface area contributed by atoms with Crippen molar-refractivity contribution in [1.29, 1.82) is 0 Å². The van der Waals surface area contributed by atoms with Crippen LogP contribution in [0.5, 0.6) is 0 Å². The van der Waals surface area contributed by atoms with Crippen molar-refractivity contribution in [1.82, 2.24) is 20.0 Å². The van der Waals surface area contributed by atoms with E-state index in [1.54, 1.807) is 0 Å². The lowest BCUT2D eigenvalue weighted by molar-refractivity contribution is 0.00276. The minimum Gasteiger partial charge on any atom is -0.312 e. The van der Waals surface area contributed by atoms with E-state index in [4.69, 9.17) is 0 Å². The highest BCUT2D eigenvalue weighted by Gasteiger charge is 2.27. The van der Waals surface area contributed by atoms with Gasteiger partial charge in [-0.05, 0) is 132 Å². The summed E-state index contributed by atoms with van der Waals surface area (Å²) in [5, 5.41) is 3.69. The van der Waals surface area contributed by atoms with Gasteiger partial charge in [0, 0.05) is 17.6 Å². The summed E-state index contributed by atoms with van der Waals surface area (Å²) in [6, 6.07) is 1.34. The lowest BCUT2D eigenvalue weighted by atomic mass is 10.1. The second-order valence-electron chi connectivity index (χ2n) is 12.4. The van der Waals surface area contributed by atoms with Gasteiger partial charge < -0.3 is 10.2 Å². The number of nitrogens with zero attached hydrogens (tertiary/aromatic N) is 3. The Morgan fingerprint density at radius 3 is 1.56 bits per heavy atom. The third kappa shape index (κ3) is 16.6. The molecule has 0 aromatic heterocycles. The van der Waals surface area contributed by atoms with Crippen LogP contribution in [-0.2, 0) is 0 Å². The van der Waals surface area contributed by atoms with Crippen LogP contribution in [0.1, 0.15) is 146 Å². The van der Waals surface area contributed by atoms with Gasteiger partial charge in [0.2, 0.25) is 0 Å². The van der Waals surface area contributed by atoms with Gasteiger partial charge in [-0.1, -0.05) is 53.9 Å². The zero-order valence-electron chi connectivity index (χ0n) is 26.8. The molecule has 0 spiro atoms. The van der Waals surface area contributed by atoms with Gasteiger partial charge >= 0.3 is 0 Å². The van der Waals surface area contributed by atoms with E-state index in [1.165, 1.54) is 110 Å². The van der Waals surface area contributed by atoms with Gasteiger partial charge in [-0.25, -0.2) is 0 Å². The second-order valence-corrected chi connectivity index (χ2v) is 12.4. The van der Waals surface area contributed by atoms with Crippen LogP contribution >= 0.6 is 0 Å². The Hall–Kier alpha value is -0.160. The maximum Gasteiger partial charge on any atom is 0.0625 e. The maximum atomic E-state index is 3.69. The molecular weight excluding hydrogens is 440 g/mol. The van der Waals surface area contributed by atoms with Crippen molar-refractivity contribution >= 4 is 0 Å². The summed E-state index contributed by atoms with van der Waals surface area (Å²) in [5.41, 5.74) is 0.218. The minimum atomic E-state index is 0.218. The third-order valence-electron chi connectivity index (χ3n) is 7.98. The number of rotatable bonds is 24. The summed E-state index contributed by atoms with van der Waals surface area (Å²) < 4.78 is 0. The molecule has 0 saturated heterocycles. The van der Waals surface area contributed by atoms with E-state index >= 15 is 0 Å². The summed E-state index contributed by atoms with van der Waals surface area (Å²) in [5.74, 6) is 0. The van der Waals surface area contributed by atoms with Gasteiger partial charge in [0.05, 0.1) is 6.17 Å². The molecule has 3 atom stereocenters. The van der Waals surface area contributed by atoms with Crippen LogP contribution in [0, 0.1) is 0 Å². The molecule has 1 N–H and O–H groups in total. The first-order valence-electron chi connectivity index (χ1n) is 16.1. The van der Waals surface area contributed by atoms with E-state index in [0.29, 0.717) is 18.2 Å². The van der Waals surface area contributed by atoms with Crippen molar-refractivity contribution < 1.29 is 0 Å². The van der Waals surface area contributed by atoms with Crippen LogP contribution in [0.15, 0.2) is 0 Å². The van der Waals surface area contributed by atoms with E-state index < -0.39 is 0 Å². The standard InChI is InChI=1S/C32H70N4/c1-11-16-24-34(29(6)14-4)27-21-22-31(35(25-17-12-2)26-18-13-3)36(30(7)15-5)28-20-19-23-33-32(8,9)10/h29-31,33H,11-28H2,1-10H3. The van der Waals surface area contributed by atoms with Crippen LogP contribution in [0.2, 0.25) is 0 Å². The van der Waals surface area contributed by atoms with Gasteiger partial charge in [0.25, 0.3) is 0 Å². The Morgan fingerprint density at radius 2 is 1.08 bits per heavy atom. The second kappa shape index (κ2) is 21.7. The molecule has 0 saturated carbocycles. The molecule has 0 bridgehead atoms. The Balaban J connectivity index is 5.53. The number of hydrogen-bond acceptors (Lipinski definition) is 4. The molecule has 0 aliphatic carbocycles. The van der Waals surface area contributed by atoms with Gasteiger partial charge in [-0.3, -0.25) is 9.80 Å². The fraction of sp³-hybridized carbons (Fsp3) is 1.00. The molecule has 0 aliphatic heterocycles. The molecule has 3 unspecified atom stereocenters. The summed E-state index contributed by atoms with van der Waals surface area (Å²) in [4.78, 5) is 8.56. The molecule has 0 fully saturated rings. The number of nitrogens with one attached hydrogen (secondary N) is 1. The molecule has 4 nitrogen and oxygen atoms in total. The molecule has 36 heavy (non-hydrogen) atoms. The highest BCUT2D eigenvalue weighted by molar-refractivity contribution is 4.80. The van der Waals surface area contributed by atoms with Crippen LogP contribution in [0.25, 0.3) is 0 Å². The fourth-order valence-electron chi connectivity index (χ4n) is 5.12.